The van der Waals surface area contributed by atoms with E-state index in [4.69, 9.17) is 9.47 Å². The van der Waals surface area contributed by atoms with E-state index < -0.39 is 12.1 Å². The van der Waals surface area contributed by atoms with E-state index in [-0.39, 0.29) is 5.91 Å². The van der Waals surface area contributed by atoms with E-state index in [2.05, 4.69) is 5.32 Å². The molecule has 1 amide bonds. The van der Waals surface area contributed by atoms with Gasteiger partial charge in [-0.25, -0.2) is 4.79 Å². The van der Waals surface area contributed by atoms with Gasteiger partial charge in [0.2, 0.25) is 0 Å². The lowest BCUT2D eigenvalue weighted by Gasteiger charge is -2.16. The number of amides is 1. The van der Waals surface area contributed by atoms with E-state index >= 15 is 0 Å². The SMILES string of the molecule is COC(=O)c1cccc(NC(=O)[C@@H](C)Oc2ccc(C)cc2)c1C. The average molecular weight is 327 g/mol. The number of anilines is 1. The fraction of sp³-hybridized carbons (Fsp3) is 0.263. The fourth-order valence-electron chi connectivity index (χ4n) is 2.21. The highest BCUT2D eigenvalue weighted by atomic mass is 16.5. The smallest absolute Gasteiger partial charge is 0.338 e. The summed E-state index contributed by atoms with van der Waals surface area (Å²) in [5, 5.41) is 2.79. The Kier molecular flexibility index (Phi) is 5.58. The maximum Gasteiger partial charge on any atom is 0.338 e. The predicted molar refractivity (Wildman–Crippen MR) is 92.4 cm³/mol. The van der Waals surface area contributed by atoms with Crippen molar-refractivity contribution >= 4 is 17.6 Å². The van der Waals surface area contributed by atoms with Crippen molar-refractivity contribution in [2.24, 2.45) is 0 Å². The number of aryl methyl sites for hydroxylation is 1. The Morgan fingerprint density at radius 1 is 1.04 bits per heavy atom. The number of carbonyl (C=O) groups excluding carboxylic acids is 2. The van der Waals surface area contributed by atoms with E-state index in [0.717, 1.165) is 5.56 Å². The van der Waals surface area contributed by atoms with E-state index in [1.54, 1.807) is 32.0 Å². The van der Waals surface area contributed by atoms with Crippen molar-refractivity contribution < 1.29 is 19.1 Å². The van der Waals surface area contributed by atoms with Crippen molar-refractivity contribution in [2.75, 3.05) is 12.4 Å². The summed E-state index contributed by atoms with van der Waals surface area (Å²) >= 11 is 0. The maximum atomic E-state index is 12.3. The molecular weight excluding hydrogens is 306 g/mol. The highest BCUT2D eigenvalue weighted by molar-refractivity contribution is 5.98. The third-order valence-corrected chi connectivity index (χ3v) is 3.70. The molecule has 0 aromatic heterocycles. The van der Waals surface area contributed by atoms with Crippen LogP contribution in [0.15, 0.2) is 42.5 Å². The Labute approximate surface area is 141 Å². The minimum atomic E-state index is -0.672. The van der Waals surface area contributed by atoms with Gasteiger partial charge in [-0.15, -0.1) is 0 Å². The summed E-state index contributed by atoms with van der Waals surface area (Å²) in [6.07, 6.45) is -0.672. The van der Waals surface area contributed by atoms with Gasteiger partial charge < -0.3 is 14.8 Å². The molecule has 0 aliphatic carbocycles. The second kappa shape index (κ2) is 7.64. The standard InChI is InChI=1S/C19H21NO4/c1-12-8-10-15(11-9-12)24-14(3)18(21)20-17-7-5-6-16(13(17)2)19(22)23-4/h5-11,14H,1-4H3,(H,20,21)/t14-/m1/s1. The first-order valence-electron chi connectivity index (χ1n) is 7.64. The highest BCUT2D eigenvalue weighted by Gasteiger charge is 2.18. The number of benzene rings is 2. The largest absolute Gasteiger partial charge is 0.481 e. The zero-order valence-corrected chi connectivity index (χ0v) is 14.3. The molecule has 0 aliphatic heterocycles. The zero-order chi connectivity index (χ0) is 17.7. The van der Waals surface area contributed by atoms with Gasteiger partial charge in [0.05, 0.1) is 12.7 Å². The summed E-state index contributed by atoms with van der Waals surface area (Å²) < 4.78 is 10.4. The van der Waals surface area contributed by atoms with Crippen LogP contribution in [0.5, 0.6) is 5.75 Å². The quantitative estimate of drug-likeness (QED) is 0.854. The molecule has 0 bridgehead atoms. The molecule has 0 aliphatic rings. The number of nitrogens with one attached hydrogen (secondary N) is 1. The van der Waals surface area contributed by atoms with Gasteiger partial charge in [-0.05, 0) is 50.6 Å². The number of carbonyl (C=O) groups is 2. The topological polar surface area (TPSA) is 64.6 Å². The molecule has 0 fully saturated rings. The van der Waals surface area contributed by atoms with Crippen molar-refractivity contribution in [1.29, 1.82) is 0 Å². The highest BCUT2D eigenvalue weighted by Crippen LogP contribution is 2.20. The first-order chi connectivity index (χ1) is 11.4. The predicted octanol–water partition coefficient (Wildman–Crippen LogP) is 3.50. The van der Waals surface area contributed by atoms with Gasteiger partial charge in [0, 0.05) is 5.69 Å². The first-order valence-corrected chi connectivity index (χ1v) is 7.64. The van der Waals surface area contributed by atoms with Crippen LogP contribution in [0.3, 0.4) is 0 Å². The minimum Gasteiger partial charge on any atom is -0.481 e. The maximum absolute atomic E-state index is 12.3. The molecule has 0 heterocycles. The van der Waals surface area contributed by atoms with Gasteiger partial charge in [-0.2, -0.15) is 0 Å². The van der Waals surface area contributed by atoms with E-state index in [0.29, 0.717) is 22.6 Å². The van der Waals surface area contributed by atoms with Crippen LogP contribution < -0.4 is 10.1 Å². The Morgan fingerprint density at radius 2 is 1.71 bits per heavy atom. The van der Waals surface area contributed by atoms with Crippen molar-refractivity contribution in [2.45, 2.75) is 26.9 Å². The normalized spacial score (nSPS) is 11.5. The molecular formula is C19H21NO4. The first kappa shape index (κ1) is 17.5. The van der Waals surface area contributed by atoms with E-state index in [1.165, 1.54) is 7.11 Å². The number of hydrogen-bond acceptors (Lipinski definition) is 4. The Bertz CT molecular complexity index is 738. The van der Waals surface area contributed by atoms with Gasteiger partial charge in [-0.1, -0.05) is 23.8 Å². The molecule has 5 heteroatoms. The minimum absolute atomic E-state index is 0.291. The summed E-state index contributed by atoms with van der Waals surface area (Å²) in [6, 6.07) is 12.6. The number of ether oxygens (including phenoxy) is 2. The van der Waals surface area contributed by atoms with Crippen LogP contribution in [-0.2, 0) is 9.53 Å². The van der Waals surface area contributed by atoms with Crippen LogP contribution in [-0.4, -0.2) is 25.1 Å². The van der Waals surface area contributed by atoms with Gasteiger partial charge >= 0.3 is 5.97 Å². The molecule has 0 radical (unpaired) electrons. The molecule has 0 saturated heterocycles. The molecule has 126 valence electrons. The van der Waals surface area contributed by atoms with Gasteiger partial charge in [0.25, 0.3) is 5.91 Å². The summed E-state index contributed by atoms with van der Waals surface area (Å²) in [5.74, 6) is -0.100. The van der Waals surface area contributed by atoms with Crippen LogP contribution in [0, 0.1) is 13.8 Å². The number of rotatable bonds is 5. The van der Waals surface area contributed by atoms with E-state index in [9.17, 15) is 9.59 Å². The number of hydrogen-bond donors (Lipinski definition) is 1. The Hall–Kier alpha value is -2.82. The van der Waals surface area contributed by atoms with Gasteiger partial charge in [0.15, 0.2) is 6.10 Å². The molecule has 2 aromatic carbocycles. The van der Waals surface area contributed by atoms with Crippen LogP contribution >= 0.6 is 0 Å². The van der Waals surface area contributed by atoms with Crippen molar-refractivity contribution in [3.63, 3.8) is 0 Å². The molecule has 0 unspecified atom stereocenters. The molecule has 0 saturated carbocycles. The van der Waals surface area contributed by atoms with Gasteiger partial charge in [0.1, 0.15) is 5.75 Å². The second-order valence-electron chi connectivity index (χ2n) is 5.53. The summed E-state index contributed by atoms with van der Waals surface area (Å²) in [7, 11) is 1.32. The summed E-state index contributed by atoms with van der Waals surface area (Å²) in [6.45, 7) is 5.42. The third-order valence-electron chi connectivity index (χ3n) is 3.70. The van der Waals surface area contributed by atoms with Crippen molar-refractivity contribution in [1.82, 2.24) is 0 Å². The lowest BCUT2D eigenvalue weighted by atomic mass is 10.1. The number of methoxy groups -OCH3 is 1. The Morgan fingerprint density at radius 3 is 2.33 bits per heavy atom. The van der Waals surface area contributed by atoms with Crippen molar-refractivity contribution in [3.8, 4) is 5.75 Å². The lowest BCUT2D eigenvalue weighted by molar-refractivity contribution is -0.122. The average Bonchev–Trinajstić information content (AvgIpc) is 2.58. The van der Waals surface area contributed by atoms with Crippen LogP contribution in [0.4, 0.5) is 5.69 Å². The van der Waals surface area contributed by atoms with Crippen LogP contribution in [0.2, 0.25) is 0 Å². The monoisotopic (exact) mass is 327 g/mol. The van der Waals surface area contributed by atoms with E-state index in [1.807, 2.05) is 31.2 Å². The zero-order valence-electron chi connectivity index (χ0n) is 14.3. The van der Waals surface area contributed by atoms with Gasteiger partial charge in [-0.3, -0.25) is 4.79 Å². The van der Waals surface area contributed by atoms with Crippen LogP contribution in [0.25, 0.3) is 0 Å². The number of esters is 1. The molecule has 24 heavy (non-hydrogen) atoms. The third kappa shape index (κ3) is 4.13. The Balaban J connectivity index is 2.08. The molecule has 1 atom stereocenters. The lowest BCUT2D eigenvalue weighted by Crippen LogP contribution is -2.30. The summed E-state index contributed by atoms with van der Waals surface area (Å²) in [5.41, 5.74) is 2.75. The molecule has 2 aromatic rings. The molecule has 2 rings (SSSR count). The second-order valence-corrected chi connectivity index (χ2v) is 5.53. The molecule has 5 nitrogen and oxygen atoms in total. The summed E-state index contributed by atoms with van der Waals surface area (Å²) in [4.78, 5) is 24.0. The van der Waals surface area contributed by atoms with Crippen LogP contribution in [0.1, 0.15) is 28.4 Å². The fourth-order valence-corrected chi connectivity index (χ4v) is 2.21. The molecule has 1 N–H and O–H groups in total. The molecule has 0 spiro atoms. The van der Waals surface area contributed by atoms with Crippen molar-refractivity contribution in [3.05, 3.63) is 59.2 Å².